The van der Waals surface area contributed by atoms with Crippen LogP contribution in [0.25, 0.3) is 0 Å². The fourth-order valence-electron chi connectivity index (χ4n) is 3.62. The van der Waals surface area contributed by atoms with E-state index in [1.165, 1.54) is 6.42 Å². The molecule has 0 unspecified atom stereocenters. The second kappa shape index (κ2) is 7.46. The van der Waals surface area contributed by atoms with E-state index >= 15 is 0 Å². The molecule has 1 aromatic carbocycles. The zero-order valence-corrected chi connectivity index (χ0v) is 15.6. The molecule has 4 heteroatoms. The molecule has 4 nitrogen and oxygen atoms in total. The van der Waals surface area contributed by atoms with Gasteiger partial charge in [-0.15, -0.1) is 0 Å². The molecule has 1 aliphatic heterocycles. The molecule has 1 saturated carbocycles. The number of hydrogen-bond acceptors (Lipinski definition) is 4. The van der Waals surface area contributed by atoms with E-state index in [-0.39, 0.29) is 18.2 Å². The van der Waals surface area contributed by atoms with E-state index in [0.717, 1.165) is 31.2 Å². The molecular formula is C21H30O4. The molecule has 2 atom stereocenters. The lowest BCUT2D eigenvalue weighted by Gasteiger charge is -2.32. The van der Waals surface area contributed by atoms with Gasteiger partial charge in [-0.3, -0.25) is 4.79 Å². The van der Waals surface area contributed by atoms with Crippen molar-refractivity contribution in [2.75, 3.05) is 6.61 Å². The van der Waals surface area contributed by atoms with Crippen LogP contribution in [0.3, 0.4) is 0 Å². The summed E-state index contributed by atoms with van der Waals surface area (Å²) in [4.78, 5) is 12.0. The minimum Gasteiger partial charge on any atom is -0.465 e. The summed E-state index contributed by atoms with van der Waals surface area (Å²) in [7, 11) is 0. The largest absolute Gasteiger partial charge is 0.465 e. The van der Waals surface area contributed by atoms with Crippen LogP contribution in [0.15, 0.2) is 30.3 Å². The van der Waals surface area contributed by atoms with Crippen LogP contribution >= 0.6 is 0 Å². The molecule has 1 aromatic rings. The molecule has 1 spiro atoms. The second-order valence-electron chi connectivity index (χ2n) is 8.25. The summed E-state index contributed by atoms with van der Waals surface area (Å²) in [5.41, 5.74) is 0.660. The van der Waals surface area contributed by atoms with Gasteiger partial charge in [-0.05, 0) is 39.2 Å². The molecule has 2 fully saturated rings. The Hall–Kier alpha value is -1.39. The summed E-state index contributed by atoms with van der Waals surface area (Å²) >= 11 is 0. The van der Waals surface area contributed by atoms with Crippen molar-refractivity contribution in [2.45, 2.75) is 77.3 Å². The van der Waals surface area contributed by atoms with Crippen LogP contribution in [0.4, 0.5) is 0 Å². The minimum atomic E-state index is -0.476. The maximum Gasteiger partial charge on any atom is 0.311 e. The Bertz CT molecular complexity index is 569. The number of hydrogen-bond donors (Lipinski definition) is 0. The van der Waals surface area contributed by atoms with Crippen LogP contribution in [0.5, 0.6) is 0 Å². The highest BCUT2D eigenvalue weighted by Gasteiger charge is 2.48. The molecule has 1 aliphatic carbocycles. The lowest BCUT2D eigenvalue weighted by atomic mass is 9.94. The van der Waals surface area contributed by atoms with E-state index in [4.69, 9.17) is 14.2 Å². The quantitative estimate of drug-likeness (QED) is 0.736. The van der Waals surface area contributed by atoms with Gasteiger partial charge in [0.25, 0.3) is 0 Å². The molecule has 3 rings (SSSR count). The first kappa shape index (κ1) is 18.4. The molecule has 0 aromatic heterocycles. The summed E-state index contributed by atoms with van der Waals surface area (Å²) in [5, 5.41) is 0. The van der Waals surface area contributed by atoms with E-state index in [1.807, 2.05) is 39.0 Å². The van der Waals surface area contributed by atoms with Gasteiger partial charge in [-0.1, -0.05) is 36.8 Å². The Morgan fingerprint density at radius 1 is 1.12 bits per heavy atom. The topological polar surface area (TPSA) is 44.8 Å². The number of esters is 1. The Morgan fingerprint density at radius 3 is 2.44 bits per heavy atom. The van der Waals surface area contributed by atoms with Crippen molar-refractivity contribution in [2.24, 2.45) is 5.41 Å². The Kier molecular flexibility index (Phi) is 5.49. The Labute approximate surface area is 150 Å². The standard InChI is InChI=1S/C21H30O4/c1-20(2,3)19(22)23-15-12-17-18(16-10-6-4-7-11-16)25-21(24-17)13-8-5-9-14-21/h4,6-7,10-11,17-18H,5,8-9,12-15H2,1-3H3/t17-,18-/m1/s1. The highest BCUT2D eigenvalue weighted by molar-refractivity contribution is 5.75. The Balaban J connectivity index is 1.67. The van der Waals surface area contributed by atoms with Gasteiger partial charge < -0.3 is 14.2 Å². The lowest BCUT2D eigenvalue weighted by molar-refractivity contribution is -0.195. The van der Waals surface area contributed by atoms with Crippen LogP contribution < -0.4 is 0 Å². The summed E-state index contributed by atoms with van der Waals surface area (Å²) < 4.78 is 18.3. The van der Waals surface area contributed by atoms with Gasteiger partial charge in [0.1, 0.15) is 6.10 Å². The van der Waals surface area contributed by atoms with Crippen molar-refractivity contribution in [3.63, 3.8) is 0 Å². The van der Waals surface area contributed by atoms with Crippen molar-refractivity contribution in [1.29, 1.82) is 0 Å². The molecule has 1 heterocycles. The second-order valence-corrected chi connectivity index (χ2v) is 8.25. The fourth-order valence-corrected chi connectivity index (χ4v) is 3.62. The van der Waals surface area contributed by atoms with Crippen molar-refractivity contribution >= 4 is 5.97 Å². The Morgan fingerprint density at radius 2 is 1.80 bits per heavy atom. The third-order valence-electron chi connectivity index (χ3n) is 5.04. The first-order valence-electron chi connectivity index (χ1n) is 9.47. The van der Waals surface area contributed by atoms with E-state index < -0.39 is 11.2 Å². The van der Waals surface area contributed by atoms with Crippen molar-refractivity contribution < 1.29 is 19.0 Å². The van der Waals surface area contributed by atoms with Crippen molar-refractivity contribution in [3.05, 3.63) is 35.9 Å². The predicted molar refractivity (Wildman–Crippen MR) is 96.0 cm³/mol. The third-order valence-corrected chi connectivity index (χ3v) is 5.04. The van der Waals surface area contributed by atoms with Crippen molar-refractivity contribution in [1.82, 2.24) is 0 Å². The minimum absolute atomic E-state index is 0.0757. The highest BCUT2D eigenvalue weighted by atomic mass is 16.8. The van der Waals surface area contributed by atoms with Gasteiger partial charge in [0, 0.05) is 19.3 Å². The number of rotatable bonds is 4. The van der Waals surface area contributed by atoms with E-state index in [0.29, 0.717) is 13.0 Å². The predicted octanol–water partition coefficient (Wildman–Crippen LogP) is 4.78. The zero-order valence-electron chi connectivity index (χ0n) is 15.6. The average Bonchev–Trinajstić information content (AvgIpc) is 2.93. The van der Waals surface area contributed by atoms with Crippen molar-refractivity contribution in [3.8, 4) is 0 Å². The van der Waals surface area contributed by atoms with Crippen LogP contribution in [-0.4, -0.2) is 24.5 Å². The summed E-state index contributed by atoms with van der Waals surface area (Å²) in [6.45, 7) is 5.97. The molecule has 0 radical (unpaired) electrons. The smallest absolute Gasteiger partial charge is 0.311 e. The van der Waals surface area contributed by atoms with Gasteiger partial charge in [0.05, 0.1) is 18.1 Å². The van der Waals surface area contributed by atoms with E-state index in [1.54, 1.807) is 0 Å². The molecule has 2 aliphatic rings. The summed E-state index contributed by atoms with van der Waals surface area (Å²) in [5.74, 6) is -0.618. The lowest BCUT2D eigenvalue weighted by Crippen LogP contribution is -2.33. The fraction of sp³-hybridized carbons (Fsp3) is 0.667. The number of carbonyl (C=O) groups excluding carboxylic acids is 1. The van der Waals surface area contributed by atoms with Gasteiger partial charge >= 0.3 is 5.97 Å². The maximum atomic E-state index is 12.0. The summed E-state index contributed by atoms with van der Waals surface area (Å²) in [6, 6.07) is 10.2. The normalized spacial score (nSPS) is 25.9. The zero-order chi connectivity index (χ0) is 17.9. The molecule has 25 heavy (non-hydrogen) atoms. The monoisotopic (exact) mass is 346 g/mol. The van der Waals surface area contributed by atoms with Crippen LogP contribution in [0.2, 0.25) is 0 Å². The van der Waals surface area contributed by atoms with E-state index in [2.05, 4.69) is 12.1 Å². The van der Waals surface area contributed by atoms with Gasteiger partial charge in [-0.25, -0.2) is 0 Å². The third kappa shape index (κ3) is 4.42. The SMILES string of the molecule is CC(C)(C)C(=O)OCC[C@H]1OC2(CCCCC2)O[C@@H]1c1ccccc1. The van der Waals surface area contributed by atoms with Gasteiger partial charge in [0.15, 0.2) is 5.79 Å². The summed E-state index contributed by atoms with van der Waals surface area (Å²) in [6.07, 6.45) is 5.94. The van der Waals surface area contributed by atoms with Gasteiger partial charge in [0.2, 0.25) is 0 Å². The number of benzene rings is 1. The number of ether oxygens (including phenoxy) is 3. The molecule has 0 amide bonds. The first-order valence-corrected chi connectivity index (χ1v) is 9.47. The van der Waals surface area contributed by atoms with E-state index in [9.17, 15) is 4.79 Å². The van der Waals surface area contributed by atoms with Crippen LogP contribution in [0.1, 0.15) is 71.0 Å². The number of carbonyl (C=O) groups is 1. The van der Waals surface area contributed by atoms with Crippen LogP contribution in [-0.2, 0) is 19.0 Å². The maximum absolute atomic E-state index is 12.0. The average molecular weight is 346 g/mol. The molecule has 138 valence electrons. The highest BCUT2D eigenvalue weighted by Crippen LogP contribution is 2.46. The molecule has 1 saturated heterocycles. The molecule has 0 N–H and O–H groups in total. The molecular weight excluding hydrogens is 316 g/mol. The molecule has 0 bridgehead atoms. The van der Waals surface area contributed by atoms with Crippen LogP contribution in [0, 0.1) is 5.41 Å². The first-order chi connectivity index (χ1) is 11.9. The van der Waals surface area contributed by atoms with Gasteiger partial charge in [-0.2, -0.15) is 0 Å².